The molecule has 0 aromatic rings. The third kappa shape index (κ3) is 4.44. The predicted molar refractivity (Wildman–Crippen MR) is 77.1 cm³/mol. The Morgan fingerprint density at radius 2 is 2.00 bits per heavy atom. The monoisotopic (exact) mass is 268 g/mol. The third-order valence-electron chi connectivity index (χ3n) is 4.48. The maximum absolute atomic E-state index is 11.9. The van der Waals surface area contributed by atoms with Crippen LogP contribution in [-0.4, -0.2) is 75.1 Å². The summed E-state index contributed by atoms with van der Waals surface area (Å²) in [5, 5.41) is 6.30. The Labute approximate surface area is 116 Å². The lowest BCUT2D eigenvalue weighted by Gasteiger charge is -2.33. The molecule has 0 radical (unpaired) electrons. The van der Waals surface area contributed by atoms with Gasteiger partial charge in [-0.2, -0.15) is 0 Å². The minimum atomic E-state index is 0.157. The Morgan fingerprint density at radius 1 is 1.32 bits per heavy atom. The Balaban J connectivity index is 1.52. The van der Waals surface area contributed by atoms with E-state index >= 15 is 0 Å². The van der Waals surface area contributed by atoms with E-state index in [1.165, 1.54) is 0 Å². The van der Waals surface area contributed by atoms with E-state index in [4.69, 9.17) is 0 Å². The van der Waals surface area contributed by atoms with Gasteiger partial charge < -0.3 is 20.4 Å². The molecule has 2 fully saturated rings. The highest BCUT2D eigenvalue weighted by Crippen LogP contribution is 2.15. The summed E-state index contributed by atoms with van der Waals surface area (Å²) < 4.78 is 0. The standard InChI is InChI=1S/C14H28N4O/c1-12(13-10-15-11-13)14(19)16-4-3-5-18-8-6-17(2)7-9-18/h12-13,15H,3-11H2,1-2H3,(H,16,19). The van der Waals surface area contributed by atoms with Crippen molar-refractivity contribution in [3.05, 3.63) is 0 Å². The fraction of sp³-hybridized carbons (Fsp3) is 0.929. The van der Waals surface area contributed by atoms with Crippen molar-refractivity contribution in [1.29, 1.82) is 0 Å². The molecule has 0 aromatic heterocycles. The second kappa shape index (κ2) is 7.22. The molecule has 1 unspecified atom stereocenters. The molecule has 2 rings (SSSR count). The average Bonchev–Trinajstić information content (AvgIpc) is 2.34. The van der Waals surface area contributed by atoms with Gasteiger partial charge >= 0.3 is 0 Å². The number of carbonyl (C=O) groups excluding carboxylic acids is 1. The molecule has 2 heterocycles. The van der Waals surface area contributed by atoms with Gasteiger partial charge in [0, 0.05) is 38.6 Å². The number of amides is 1. The van der Waals surface area contributed by atoms with Crippen molar-refractivity contribution in [1.82, 2.24) is 20.4 Å². The average molecular weight is 268 g/mol. The van der Waals surface area contributed by atoms with Crippen LogP contribution in [0.5, 0.6) is 0 Å². The normalized spacial score (nSPS) is 23.9. The zero-order chi connectivity index (χ0) is 13.7. The van der Waals surface area contributed by atoms with E-state index in [1.807, 2.05) is 6.92 Å². The number of nitrogens with one attached hydrogen (secondary N) is 2. The number of carbonyl (C=O) groups is 1. The van der Waals surface area contributed by atoms with E-state index in [9.17, 15) is 4.79 Å². The molecule has 2 aliphatic rings. The zero-order valence-electron chi connectivity index (χ0n) is 12.3. The zero-order valence-corrected chi connectivity index (χ0v) is 12.3. The van der Waals surface area contributed by atoms with Crippen LogP contribution >= 0.6 is 0 Å². The van der Waals surface area contributed by atoms with Crippen molar-refractivity contribution in [2.24, 2.45) is 11.8 Å². The number of hydrogen-bond donors (Lipinski definition) is 2. The van der Waals surface area contributed by atoms with Crippen molar-refractivity contribution in [2.45, 2.75) is 13.3 Å². The van der Waals surface area contributed by atoms with Gasteiger partial charge in [0.15, 0.2) is 0 Å². The highest BCUT2D eigenvalue weighted by Gasteiger charge is 2.28. The maximum Gasteiger partial charge on any atom is 0.223 e. The van der Waals surface area contributed by atoms with Crippen LogP contribution < -0.4 is 10.6 Å². The first-order valence-corrected chi connectivity index (χ1v) is 7.56. The summed E-state index contributed by atoms with van der Waals surface area (Å²) in [5.74, 6) is 0.924. The van der Waals surface area contributed by atoms with Gasteiger partial charge in [-0.05, 0) is 39.0 Å². The van der Waals surface area contributed by atoms with Crippen molar-refractivity contribution < 1.29 is 4.79 Å². The number of likely N-dealkylation sites (N-methyl/N-ethyl adjacent to an activating group) is 1. The Hall–Kier alpha value is -0.650. The summed E-state index contributed by atoms with van der Waals surface area (Å²) in [6, 6.07) is 0. The van der Waals surface area contributed by atoms with Crippen LogP contribution in [0.15, 0.2) is 0 Å². The van der Waals surface area contributed by atoms with E-state index in [1.54, 1.807) is 0 Å². The van der Waals surface area contributed by atoms with Crippen LogP contribution in [0, 0.1) is 11.8 Å². The fourth-order valence-corrected chi connectivity index (χ4v) is 2.63. The highest BCUT2D eigenvalue weighted by atomic mass is 16.1. The molecule has 1 amide bonds. The highest BCUT2D eigenvalue weighted by molar-refractivity contribution is 5.78. The van der Waals surface area contributed by atoms with Gasteiger partial charge in [-0.3, -0.25) is 4.79 Å². The van der Waals surface area contributed by atoms with Crippen molar-refractivity contribution in [3.8, 4) is 0 Å². The fourth-order valence-electron chi connectivity index (χ4n) is 2.63. The molecular formula is C14H28N4O. The molecule has 19 heavy (non-hydrogen) atoms. The van der Waals surface area contributed by atoms with Crippen LogP contribution in [0.2, 0.25) is 0 Å². The van der Waals surface area contributed by atoms with Gasteiger partial charge in [0.25, 0.3) is 0 Å². The van der Waals surface area contributed by atoms with E-state index < -0.39 is 0 Å². The Bertz CT molecular complexity index is 285. The smallest absolute Gasteiger partial charge is 0.223 e. The molecule has 0 aliphatic carbocycles. The van der Waals surface area contributed by atoms with Gasteiger partial charge in [0.05, 0.1) is 0 Å². The number of rotatable bonds is 6. The summed E-state index contributed by atoms with van der Waals surface area (Å²) in [7, 11) is 2.17. The quantitative estimate of drug-likeness (QED) is 0.643. The van der Waals surface area contributed by atoms with Gasteiger partial charge in [-0.1, -0.05) is 6.92 Å². The van der Waals surface area contributed by atoms with Gasteiger partial charge in [0.1, 0.15) is 0 Å². The van der Waals surface area contributed by atoms with E-state index in [0.717, 1.165) is 58.8 Å². The first-order valence-electron chi connectivity index (χ1n) is 7.56. The number of piperazine rings is 1. The molecule has 0 saturated carbocycles. The third-order valence-corrected chi connectivity index (χ3v) is 4.48. The Kier molecular flexibility index (Phi) is 5.60. The molecule has 2 N–H and O–H groups in total. The van der Waals surface area contributed by atoms with Crippen molar-refractivity contribution in [2.75, 3.05) is 59.4 Å². The maximum atomic E-state index is 11.9. The molecule has 0 aromatic carbocycles. The van der Waals surface area contributed by atoms with Gasteiger partial charge in [0.2, 0.25) is 5.91 Å². The lowest BCUT2D eigenvalue weighted by atomic mass is 9.88. The molecule has 0 spiro atoms. The SMILES string of the molecule is CC(C(=O)NCCCN1CCN(C)CC1)C1CNC1. The molecule has 5 nitrogen and oxygen atoms in total. The van der Waals surface area contributed by atoms with Gasteiger partial charge in [-0.25, -0.2) is 0 Å². The molecule has 2 saturated heterocycles. The summed E-state index contributed by atoms with van der Waals surface area (Å²) >= 11 is 0. The van der Waals surface area contributed by atoms with Crippen LogP contribution in [0.4, 0.5) is 0 Å². The largest absolute Gasteiger partial charge is 0.356 e. The Morgan fingerprint density at radius 3 is 2.58 bits per heavy atom. The van der Waals surface area contributed by atoms with Crippen LogP contribution in [0.3, 0.4) is 0 Å². The van der Waals surface area contributed by atoms with E-state index in [-0.39, 0.29) is 11.8 Å². The summed E-state index contributed by atoms with van der Waals surface area (Å²) in [6.45, 7) is 10.6. The van der Waals surface area contributed by atoms with Crippen molar-refractivity contribution >= 4 is 5.91 Å². The van der Waals surface area contributed by atoms with Crippen LogP contribution in [0.1, 0.15) is 13.3 Å². The second-order valence-corrected chi connectivity index (χ2v) is 6.00. The minimum absolute atomic E-state index is 0.157. The number of nitrogens with zero attached hydrogens (tertiary/aromatic N) is 2. The van der Waals surface area contributed by atoms with E-state index in [2.05, 4.69) is 27.5 Å². The molecule has 0 bridgehead atoms. The summed E-state index contributed by atoms with van der Waals surface area (Å²) in [5.41, 5.74) is 0. The molecular weight excluding hydrogens is 240 g/mol. The van der Waals surface area contributed by atoms with E-state index in [0.29, 0.717) is 5.92 Å². The molecule has 2 aliphatic heterocycles. The summed E-state index contributed by atoms with van der Waals surface area (Å²) in [4.78, 5) is 16.8. The molecule has 1 atom stereocenters. The first kappa shape index (κ1) is 14.8. The van der Waals surface area contributed by atoms with Gasteiger partial charge in [-0.15, -0.1) is 0 Å². The van der Waals surface area contributed by atoms with Crippen LogP contribution in [-0.2, 0) is 4.79 Å². The topological polar surface area (TPSA) is 47.6 Å². The van der Waals surface area contributed by atoms with Crippen LogP contribution in [0.25, 0.3) is 0 Å². The summed E-state index contributed by atoms with van der Waals surface area (Å²) in [6.07, 6.45) is 1.06. The first-order chi connectivity index (χ1) is 9.16. The molecule has 5 heteroatoms. The lowest BCUT2D eigenvalue weighted by Crippen LogP contribution is -2.50. The lowest BCUT2D eigenvalue weighted by molar-refractivity contribution is -0.126. The second-order valence-electron chi connectivity index (χ2n) is 6.00. The van der Waals surface area contributed by atoms with Crippen molar-refractivity contribution in [3.63, 3.8) is 0 Å². The molecule has 110 valence electrons. The predicted octanol–water partition coefficient (Wildman–Crippen LogP) is -0.404. The number of hydrogen-bond acceptors (Lipinski definition) is 4. The minimum Gasteiger partial charge on any atom is -0.356 e.